The molecule has 8 heteroatoms. The fraction of sp³-hybridized carbons (Fsp3) is 0.455. The summed E-state index contributed by atoms with van der Waals surface area (Å²) in [7, 11) is 0. The molecule has 6 nitrogen and oxygen atoms in total. The summed E-state index contributed by atoms with van der Waals surface area (Å²) in [5.41, 5.74) is 1.51. The third-order valence-corrected chi connectivity index (χ3v) is 5.44. The van der Waals surface area contributed by atoms with Crippen LogP contribution in [0.15, 0.2) is 36.4 Å². The summed E-state index contributed by atoms with van der Waals surface area (Å²) >= 11 is 6.30. The lowest BCUT2D eigenvalue weighted by Crippen LogP contribution is -2.55. The molecule has 0 amide bonds. The summed E-state index contributed by atoms with van der Waals surface area (Å²) in [4.78, 5) is 0. The molecule has 0 spiro atoms. The third kappa shape index (κ3) is 4.94. The first-order valence-corrected chi connectivity index (χ1v) is 10.1. The lowest BCUT2D eigenvalue weighted by Gasteiger charge is -2.40. The van der Waals surface area contributed by atoms with Crippen LogP contribution in [0.1, 0.15) is 36.6 Å². The Morgan fingerprint density at radius 3 is 2.40 bits per heavy atom. The van der Waals surface area contributed by atoms with Gasteiger partial charge in [0.2, 0.25) is 0 Å². The molecule has 1 fully saturated rings. The van der Waals surface area contributed by atoms with Gasteiger partial charge in [0.15, 0.2) is 0 Å². The summed E-state index contributed by atoms with van der Waals surface area (Å²) in [6.45, 7) is 3.20. The Morgan fingerprint density at radius 2 is 1.77 bits per heavy atom. The zero-order valence-electron chi connectivity index (χ0n) is 16.7. The van der Waals surface area contributed by atoms with Crippen LogP contribution < -0.4 is 4.74 Å². The highest BCUT2D eigenvalue weighted by molar-refractivity contribution is 6.31. The minimum Gasteiger partial charge on any atom is -0.491 e. The lowest BCUT2D eigenvalue weighted by atomic mass is 9.90. The zero-order valence-corrected chi connectivity index (χ0v) is 17.5. The van der Waals surface area contributed by atoms with Crippen molar-refractivity contribution in [3.8, 4) is 5.75 Å². The van der Waals surface area contributed by atoms with E-state index in [1.165, 1.54) is 6.07 Å². The summed E-state index contributed by atoms with van der Waals surface area (Å²) in [6.07, 6.45) is -6.19. The van der Waals surface area contributed by atoms with Crippen LogP contribution in [-0.4, -0.2) is 57.6 Å². The minimum atomic E-state index is -1.48. The molecule has 2 aromatic carbocycles. The number of benzene rings is 2. The topological polar surface area (TPSA) is 99.4 Å². The predicted molar refractivity (Wildman–Crippen MR) is 109 cm³/mol. The van der Waals surface area contributed by atoms with Gasteiger partial charge < -0.3 is 29.9 Å². The molecule has 1 aliphatic rings. The number of hydrogen-bond acceptors (Lipinski definition) is 6. The van der Waals surface area contributed by atoms with Crippen molar-refractivity contribution in [2.45, 2.75) is 56.9 Å². The van der Waals surface area contributed by atoms with Gasteiger partial charge in [0.25, 0.3) is 0 Å². The summed E-state index contributed by atoms with van der Waals surface area (Å²) in [5, 5.41) is 40.1. The monoisotopic (exact) mass is 440 g/mol. The molecule has 5 atom stereocenters. The Balaban J connectivity index is 1.85. The molecule has 0 aromatic heterocycles. The first kappa shape index (κ1) is 22.9. The van der Waals surface area contributed by atoms with E-state index < -0.39 is 42.9 Å². The van der Waals surface area contributed by atoms with Crippen molar-refractivity contribution in [1.82, 2.24) is 0 Å². The fourth-order valence-corrected chi connectivity index (χ4v) is 3.69. The molecular formula is C22H26ClFO6. The van der Waals surface area contributed by atoms with E-state index >= 15 is 0 Å². The molecule has 1 saturated heterocycles. The Bertz CT molecular complexity index is 875. The van der Waals surface area contributed by atoms with Gasteiger partial charge in [-0.15, -0.1) is 0 Å². The smallest absolute Gasteiger partial charge is 0.130 e. The van der Waals surface area contributed by atoms with Crippen molar-refractivity contribution in [2.24, 2.45) is 0 Å². The minimum absolute atomic E-state index is 0.0695. The summed E-state index contributed by atoms with van der Waals surface area (Å²) in [5.74, 6) is 0.00914. The van der Waals surface area contributed by atoms with Gasteiger partial charge in [0, 0.05) is 17.5 Å². The van der Waals surface area contributed by atoms with E-state index in [4.69, 9.17) is 21.1 Å². The van der Waals surface area contributed by atoms with Crippen LogP contribution in [0.5, 0.6) is 5.75 Å². The molecule has 4 N–H and O–H groups in total. The van der Waals surface area contributed by atoms with Gasteiger partial charge in [-0.1, -0.05) is 29.8 Å². The van der Waals surface area contributed by atoms with E-state index in [1.54, 1.807) is 30.3 Å². The van der Waals surface area contributed by atoms with E-state index in [-0.39, 0.29) is 12.5 Å². The number of ether oxygens (including phenoxy) is 2. The Labute approximate surface area is 179 Å². The van der Waals surface area contributed by atoms with Crippen LogP contribution in [0.3, 0.4) is 0 Å². The van der Waals surface area contributed by atoms with E-state index in [0.29, 0.717) is 27.5 Å². The Kier molecular flexibility index (Phi) is 7.34. The number of aliphatic hydroxyl groups is 4. The summed E-state index contributed by atoms with van der Waals surface area (Å²) in [6, 6.07) is 9.52. The average Bonchev–Trinajstić information content (AvgIpc) is 2.70. The zero-order chi connectivity index (χ0) is 22.0. The molecule has 0 radical (unpaired) electrons. The quantitative estimate of drug-likeness (QED) is 0.550. The second-order valence-corrected chi connectivity index (χ2v) is 8.10. The number of aliphatic hydroxyl groups excluding tert-OH is 4. The standard InChI is InChI=1S/C22H26ClFO6/c1-11(2)29-15-5-3-12(17(24)9-15)7-14-8-13(4-6-16(14)23)22-21(28)20(27)19(26)18(10-25)30-22/h3-6,8-9,11,18-22,25-28H,7,10H2,1-2H3/t18-,19-,20+,21-,22+/m1/s1. The molecule has 2 aromatic rings. The molecular weight excluding hydrogens is 415 g/mol. The highest BCUT2D eigenvalue weighted by atomic mass is 35.5. The number of hydrogen-bond donors (Lipinski definition) is 4. The van der Waals surface area contributed by atoms with Crippen LogP contribution in [0.4, 0.5) is 4.39 Å². The second kappa shape index (κ2) is 9.60. The van der Waals surface area contributed by atoms with Gasteiger partial charge >= 0.3 is 0 Å². The van der Waals surface area contributed by atoms with Gasteiger partial charge in [-0.3, -0.25) is 0 Å². The van der Waals surface area contributed by atoms with Gasteiger partial charge in [-0.25, -0.2) is 4.39 Å². The van der Waals surface area contributed by atoms with Crippen molar-refractivity contribution >= 4 is 11.6 Å². The lowest BCUT2D eigenvalue weighted by molar-refractivity contribution is -0.231. The molecule has 1 aliphatic heterocycles. The maximum atomic E-state index is 14.6. The highest BCUT2D eigenvalue weighted by Crippen LogP contribution is 2.34. The van der Waals surface area contributed by atoms with E-state index in [1.807, 2.05) is 13.8 Å². The first-order valence-electron chi connectivity index (χ1n) is 9.75. The van der Waals surface area contributed by atoms with Crippen molar-refractivity contribution in [3.63, 3.8) is 0 Å². The highest BCUT2D eigenvalue weighted by Gasteiger charge is 2.44. The van der Waals surface area contributed by atoms with E-state index in [9.17, 15) is 24.8 Å². The maximum absolute atomic E-state index is 14.6. The maximum Gasteiger partial charge on any atom is 0.130 e. The van der Waals surface area contributed by atoms with E-state index in [0.717, 1.165) is 0 Å². The molecule has 0 aliphatic carbocycles. The van der Waals surface area contributed by atoms with Crippen LogP contribution in [-0.2, 0) is 11.2 Å². The van der Waals surface area contributed by atoms with Crippen molar-refractivity contribution in [2.75, 3.05) is 6.61 Å². The second-order valence-electron chi connectivity index (χ2n) is 7.70. The first-order chi connectivity index (χ1) is 14.2. The molecule has 0 unspecified atom stereocenters. The Morgan fingerprint density at radius 1 is 1.03 bits per heavy atom. The van der Waals surface area contributed by atoms with Crippen LogP contribution >= 0.6 is 11.6 Å². The van der Waals surface area contributed by atoms with Gasteiger partial charge in [-0.05, 0) is 42.7 Å². The van der Waals surface area contributed by atoms with Gasteiger partial charge in [0.1, 0.15) is 42.1 Å². The largest absolute Gasteiger partial charge is 0.491 e. The van der Waals surface area contributed by atoms with E-state index in [2.05, 4.69) is 0 Å². The molecule has 164 valence electrons. The molecule has 0 saturated carbocycles. The summed E-state index contributed by atoms with van der Waals surface area (Å²) < 4.78 is 25.6. The third-order valence-electron chi connectivity index (χ3n) is 5.07. The Hall–Kier alpha value is -1.74. The van der Waals surface area contributed by atoms with Crippen molar-refractivity contribution in [3.05, 3.63) is 63.9 Å². The van der Waals surface area contributed by atoms with Crippen LogP contribution in [0.25, 0.3) is 0 Å². The van der Waals surface area contributed by atoms with Crippen LogP contribution in [0, 0.1) is 5.82 Å². The number of rotatable bonds is 6. The average molecular weight is 441 g/mol. The predicted octanol–water partition coefficient (Wildman–Crippen LogP) is 2.37. The molecule has 0 bridgehead atoms. The SMILES string of the molecule is CC(C)Oc1ccc(Cc2cc([C@@H]3O[C@H](CO)[C@@H](O)[C@H](O)[C@H]3O)ccc2Cl)c(F)c1. The molecule has 1 heterocycles. The van der Waals surface area contributed by atoms with Crippen molar-refractivity contribution < 1.29 is 34.3 Å². The molecule has 30 heavy (non-hydrogen) atoms. The normalized spacial score (nSPS) is 26.8. The number of halogens is 2. The fourth-order valence-electron chi connectivity index (χ4n) is 3.51. The molecule has 3 rings (SSSR count). The van der Waals surface area contributed by atoms with Gasteiger partial charge in [0.05, 0.1) is 12.7 Å². The van der Waals surface area contributed by atoms with Crippen molar-refractivity contribution in [1.29, 1.82) is 0 Å². The van der Waals surface area contributed by atoms with Crippen LogP contribution in [0.2, 0.25) is 5.02 Å². The van der Waals surface area contributed by atoms with Gasteiger partial charge in [-0.2, -0.15) is 0 Å².